The highest BCUT2D eigenvalue weighted by molar-refractivity contribution is 5.90. The van der Waals surface area contributed by atoms with E-state index in [4.69, 9.17) is 15.2 Å². The molecule has 3 rings (SSSR count). The number of hydrogen-bond acceptors (Lipinski definition) is 6. The third-order valence-electron chi connectivity index (χ3n) is 6.64. The molecule has 0 radical (unpaired) electrons. The predicted molar refractivity (Wildman–Crippen MR) is 165 cm³/mol. The minimum absolute atomic E-state index is 0.252. The number of ether oxygens (including phenoxy) is 2. The summed E-state index contributed by atoms with van der Waals surface area (Å²) in [6.07, 6.45) is 2.82. The van der Waals surface area contributed by atoms with Gasteiger partial charge in [-0.05, 0) is 86.9 Å². The maximum absolute atomic E-state index is 12.2. The lowest BCUT2D eigenvalue weighted by Gasteiger charge is -2.20. The smallest absolute Gasteiger partial charge is 0.407 e. The first-order chi connectivity index (χ1) is 20.1. The number of primary amides is 1. The van der Waals surface area contributed by atoms with Crippen molar-refractivity contribution in [3.8, 4) is 0 Å². The summed E-state index contributed by atoms with van der Waals surface area (Å²) in [7, 11) is 0. The highest BCUT2D eigenvalue weighted by Crippen LogP contribution is 2.25. The van der Waals surface area contributed by atoms with E-state index in [1.807, 2.05) is 63.2 Å². The van der Waals surface area contributed by atoms with Crippen molar-refractivity contribution in [3.63, 3.8) is 0 Å². The van der Waals surface area contributed by atoms with E-state index in [1.54, 1.807) is 0 Å². The van der Waals surface area contributed by atoms with Gasteiger partial charge in [0.15, 0.2) is 0 Å². The Morgan fingerprint density at radius 2 is 1.38 bits per heavy atom. The fourth-order valence-corrected chi connectivity index (χ4v) is 4.59. The van der Waals surface area contributed by atoms with Crippen LogP contribution in [0.2, 0.25) is 0 Å². The molecule has 3 aromatic carbocycles. The number of fused-ring (bicyclic) bond motifs is 1. The Bertz CT molecular complexity index is 1310. The normalized spacial score (nSPS) is 12.0. The van der Waals surface area contributed by atoms with Crippen LogP contribution >= 0.6 is 0 Å². The fourth-order valence-electron chi connectivity index (χ4n) is 4.59. The first-order valence-electron chi connectivity index (χ1n) is 14.6. The van der Waals surface area contributed by atoms with Gasteiger partial charge in [-0.1, -0.05) is 66.7 Å². The molecular formula is C33H44N4O5. The zero-order valence-corrected chi connectivity index (χ0v) is 24.9. The van der Waals surface area contributed by atoms with Gasteiger partial charge < -0.3 is 31.2 Å². The molecule has 0 aliphatic rings. The fraction of sp³-hybridized carbons (Fsp3) is 0.424. The first-order valence-corrected chi connectivity index (χ1v) is 14.6. The largest absolute Gasteiger partial charge is 0.445 e. The van der Waals surface area contributed by atoms with Gasteiger partial charge in [-0.3, -0.25) is 4.79 Å². The van der Waals surface area contributed by atoms with Gasteiger partial charge in [0.2, 0.25) is 5.91 Å². The molecule has 1 atom stereocenters. The van der Waals surface area contributed by atoms with Crippen molar-refractivity contribution in [2.75, 3.05) is 19.6 Å². The van der Waals surface area contributed by atoms with Gasteiger partial charge >= 0.3 is 12.2 Å². The Kier molecular flexibility index (Phi) is 12.6. The van der Waals surface area contributed by atoms with E-state index in [0.29, 0.717) is 32.5 Å². The van der Waals surface area contributed by atoms with Crippen molar-refractivity contribution in [2.45, 2.75) is 71.1 Å². The summed E-state index contributed by atoms with van der Waals surface area (Å²) in [5, 5.41) is 11.0. The molecular weight excluding hydrogens is 532 g/mol. The number of benzene rings is 3. The van der Waals surface area contributed by atoms with E-state index in [-0.39, 0.29) is 6.61 Å². The minimum atomic E-state index is -0.548. The Labute approximate surface area is 248 Å². The van der Waals surface area contributed by atoms with E-state index >= 15 is 0 Å². The second kappa shape index (κ2) is 16.4. The number of nitrogens with one attached hydrogen (secondary N) is 3. The first kappa shape index (κ1) is 32.4. The molecule has 0 heterocycles. The van der Waals surface area contributed by atoms with Gasteiger partial charge in [0.25, 0.3) is 0 Å². The van der Waals surface area contributed by atoms with Crippen LogP contribution in [-0.4, -0.2) is 49.4 Å². The molecule has 9 heteroatoms. The maximum atomic E-state index is 12.2. The van der Waals surface area contributed by atoms with Gasteiger partial charge in [-0.2, -0.15) is 0 Å². The number of hydrogen-bond donors (Lipinski definition) is 4. The number of aryl methyl sites for hydroxylation is 1. The van der Waals surface area contributed by atoms with Crippen LogP contribution < -0.4 is 21.7 Å². The van der Waals surface area contributed by atoms with Crippen LogP contribution in [0.1, 0.15) is 56.7 Å². The third-order valence-corrected chi connectivity index (χ3v) is 6.64. The van der Waals surface area contributed by atoms with Crippen LogP contribution in [0.15, 0.2) is 66.7 Å². The van der Waals surface area contributed by atoms with Crippen LogP contribution in [0, 0.1) is 0 Å². The molecule has 42 heavy (non-hydrogen) atoms. The van der Waals surface area contributed by atoms with Gasteiger partial charge in [0.1, 0.15) is 12.2 Å². The Morgan fingerprint density at radius 1 is 0.762 bits per heavy atom. The lowest BCUT2D eigenvalue weighted by atomic mass is 9.93. The summed E-state index contributed by atoms with van der Waals surface area (Å²) >= 11 is 0. The molecule has 5 N–H and O–H groups in total. The van der Waals surface area contributed by atoms with Gasteiger partial charge in [-0.15, -0.1) is 0 Å². The Balaban J connectivity index is 1.46. The maximum Gasteiger partial charge on any atom is 0.407 e. The highest BCUT2D eigenvalue weighted by atomic mass is 16.6. The number of carbonyl (C=O) groups excluding carboxylic acids is 3. The van der Waals surface area contributed by atoms with E-state index in [1.165, 1.54) is 5.56 Å². The Morgan fingerprint density at radius 3 is 2.07 bits per heavy atom. The molecule has 0 fully saturated rings. The van der Waals surface area contributed by atoms with Crippen LogP contribution in [0.3, 0.4) is 0 Å². The van der Waals surface area contributed by atoms with Crippen molar-refractivity contribution < 1.29 is 23.9 Å². The molecule has 3 amide bonds. The summed E-state index contributed by atoms with van der Waals surface area (Å²) in [6, 6.07) is 21.4. The molecule has 0 aliphatic heterocycles. The number of carbonyl (C=O) groups is 3. The number of rotatable bonds is 15. The third kappa shape index (κ3) is 11.4. The summed E-state index contributed by atoms with van der Waals surface area (Å²) in [5.74, 6) is -0.418. The van der Waals surface area contributed by atoms with Gasteiger partial charge in [0, 0.05) is 13.1 Å². The molecule has 3 aromatic rings. The lowest BCUT2D eigenvalue weighted by Crippen LogP contribution is -2.44. The van der Waals surface area contributed by atoms with Gasteiger partial charge in [-0.25, -0.2) is 9.59 Å². The van der Waals surface area contributed by atoms with Crippen molar-refractivity contribution >= 4 is 28.9 Å². The topological polar surface area (TPSA) is 132 Å². The second-order valence-electron chi connectivity index (χ2n) is 11.3. The summed E-state index contributed by atoms with van der Waals surface area (Å²) in [5.41, 5.74) is 8.39. The average Bonchev–Trinajstić information content (AvgIpc) is 2.95. The number of unbranched alkanes of at least 4 members (excludes halogenated alkanes) is 1. The second-order valence-corrected chi connectivity index (χ2v) is 11.3. The standard InChI is InChI=1S/C33H44N4O5/c1-33(2,3)42-32(40)37-21-11-20-35-29(30(34)38)22-26-18-17-25(27-15-7-8-16-28(26)27)14-9-10-19-36-31(39)41-23-24-12-5-4-6-13-24/h4-8,12-13,15-18,29,35H,9-11,14,19-23H2,1-3H3,(H2,34,38)(H,36,39)(H,37,40)/t29-/m0/s1. The molecule has 0 bridgehead atoms. The summed E-state index contributed by atoms with van der Waals surface area (Å²) in [4.78, 5) is 36.0. The summed E-state index contributed by atoms with van der Waals surface area (Å²) in [6.45, 7) is 7.19. The van der Waals surface area contributed by atoms with E-state index < -0.39 is 29.7 Å². The molecule has 0 saturated heterocycles. The Hall–Kier alpha value is -4.11. The van der Waals surface area contributed by atoms with Crippen molar-refractivity contribution in [1.29, 1.82) is 0 Å². The SMILES string of the molecule is CC(C)(C)OC(=O)NCCCN[C@@H](Cc1ccc(CCCCNC(=O)OCc2ccccc2)c2ccccc12)C(N)=O. The van der Waals surface area contributed by atoms with Crippen LogP contribution in [0.5, 0.6) is 0 Å². The number of nitrogens with two attached hydrogens (primary N) is 1. The van der Waals surface area contributed by atoms with Crippen LogP contribution in [0.4, 0.5) is 9.59 Å². The zero-order valence-electron chi connectivity index (χ0n) is 24.9. The van der Waals surface area contributed by atoms with Crippen LogP contribution in [0.25, 0.3) is 10.8 Å². The minimum Gasteiger partial charge on any atom is -0.445 e. The number of alkyl carbamates (subject to hydrolysis) is 2. The van der Waals surface area contributed by atoms with E-state index in [2.05, 4.69) is 40.2 Å². The van der Waals surface area contributed by atoms with Crippen molar-refractivity contribution in [3.05, 3.63) is 83.4 Å². The molecule has 0 saturated carbocycles. The highest BCUT2D eigenvalue weighted by Gasteiger charge is 2.18. The molecule has 226 valence electrons. The quantitative estimate of drug-likeness (QED) is 0.189. The lowest BCUT2D eigenvalue weighted by molar-refractivity contribution is -0.120. The molecule has 0 spiro atoms. The predicted octanol–water partition coefficient (Wildman–Crippen LogP) is 4.99. The zero-order chi connectivity index (χ0) is 30.4. The van der Waals surface area contributed by atoms with Crippen LogP contribution in [-0.2, 0) is 33.7 Å². The number of amides is 3. The van der Waals surface area contributed by atoms with E-state index in [9.17, 15) is 14.4 Å². The monoisotopic (exact) mass is 576 g/mol. The van der Waals surface area contributed by atoms with Crippen molar-refractivity contribution in [2.24, 2.45) is 5.73 Å². The van der Waals surface area contributed by atoms with Crippen molar-refractivity contribution in [1.82, 2.24) is 16.0 Å². The molecule has 0 aliphatic carbocycles. The average molecular weight is 577 g/mol. The molecule has 0 unspecified atom stereocenters. The summed E-state index contributed by atoms with van der Waals surface area (Å²) < 4.78 is 10.5. The van der Waals surface area contributed by atoms with Gasteiger partial charge in [0.05, 0.1) is 6.04 Å². The molecule has 9 nitrogen and oxygen atoms in total. The van der Waals surface area contributed by atoms with E-state index in [0.717, 1.165) is 41.2 Å². The molecule has 0 aromatic heterocycles.